The van der Waals surface area contributed by atoms with E-state index in [0.29, 0.717) is 24.6 Å². The number of nitrogens with one attached hydrogen (secondary N) is 2. The molecule has 0 aliphatic heterocycles. The van der Waals surface area contributed by atoms with Gasteiger partial charge in [-0.2, -0.15) is 4.98 Å². The molecule has 0 saturated heterocycles. The van der Waals surface area contributed by atoms with Gasteiger partial charge in [-0.05, 0) is 18.6 Å². The molecule has 0 aliphatic carbocycles. The SMILES string of the molecule is CS(=O)(=O)c1ccc(NCCNC(=O)CCCc2nc(-c3ccccc3)no2)c([N+](=O)[O-])c1. The smallest absolute Gasteiger partial charge is 0.293 e. The maximum Gasteiger partial charge on any atom is 0.293 e. The van der Waals surface area contributed by atoms with E-state index in [1.807, 2.05) is 30.3 Å². The van der Waals surface area contributed by atoms with E-state index < -0.39 is 14.8 Å². The van der Waals surface area contributed by atoms with Gasteiger partial charge in [0.2, 0.25) is 17.6 Å². The summed E-state index contributed by atoms with van der Waals surface area (Å²) in [5.74, 6) is 0.773. The summed E-state index contributed by atoms with van der Waals surface area (Å²) in [5, 5.41) is 20.7. The number of amides is 1. The van der Waals surface area contributed by atoms with Gasteiger partial charge in [0.25, 0.3) is 5.69 Å². The van der Waals surface area contributed by atoms with Crippen molar-refractivity contribution in [2.45, 2.75) is 24.2 Å². The minimum absolute atomic E-state index is 0.134. The monoisotopic (exact) mass is 473 g/mol. The van der Waals surface area contributed by atoms with Gasteiger partial charge in [-0.1, -0.05) is 35.5 Å². The summed E-state index contributed by atoms with van der Waals surface area (Å²) in [6.07, 6.45) is 2.22. The molecule has 1 heterocycles. The van der Waals surface area contributed by atoms with Crippen LogP contribution in [0, 0.1) is 10.1 Å². The first kappa shape index (κ1) is 23.9. The van der Waals surface area contributed by atoms with Crippen LogP contribution in [0.15, 0.2) is 57.9 Å². The number of benzene rings is 2. The van der Waals surface area contributed by atoms with E-state index in [9.17, 15) is 23.3 Å². The quantitative estimate of drug-likeness (QED) is 0.242. The fraction of sp³-hybridized carbons (Fsp3) is 0.286. The lowest BCUT2D eigenvalue weighted by molar-refractivity contribution is -0.384. The topological polar surface area (TPSA) is 157 Å². The van der Waals surface area contributed by atoms with Gasteiger partial charge in [-0.25, -0.2) is 8.42 Å². The van der Waals surface area contributed by atoms with Gasteiger partial charge >= 0.3 is 0 Å². The van der Waals surface area contributed by atoms with Gasteiger partial charge in [0.15, 0.2) is 9.84 Å². The van der Waals surface area contributed by atoms with E-state index in [1.54, 1.807) is 0 Å². The summed E-state index contributed by atoms with van der Waals surface area (Å²) in [6, 6.07) is 13.1. The van der Waals surface area contributed by atoms with Gasteiger partial charge in [0, 0.05) is 43.8 Å². The molecule has 0 unspecified atom stereocenters. The largest absolute Gasteiger partial charge is 0.378 e. The number of aryl methyl sites for hydroxylation is 1. The summed E-state index contributed by atoms with van der Waals surface area (Å²) >= 11 is 0. The number of hydrogen-bond acceptors (Lipinski definition) is 9. The predicted octanol–water partition coefficient (Wildman–Crippen LogP) is 2.60. The Morgan fingerprint density at radius 2 is 1.91 bits per heavy atom. The molecule has 2 aromatic carbocycles. The zero-order chi connectivity index (χ0) is 23.8. The van der Waals surface area contributed by atoms with Crippen LogP contribution in [0.5, 0.6) is 0 Å². The molecule has 0 atom stereocenters. The highest BCUT2D eigenvalue weighted by molar-refractivity contribution is 7.90. The second-order valence-electron chi connectivity index (χ2n) is 7.22. The Bertz CT molecular complexity index is 1230. The normalized spacial score (nSPS) is 11.2. The van der Waals surface area contributed by atoms with Crippen molar-refractivity contribution < 1.29 is 22.7 Å². The molecule has 0 bridgehead atoms. The zero-order valence-electron chi connectivity index (χ0n) is 17.9. The molecule has 1 amide bonds. The molecule has 0 saturated carbocycles. The Labute approximate surface area is 190 Å². The number of hydrogen-bond donors (Lipinski definition) is 2. The minimum Gasteiger partial charge on any atom is -0.378 e. The minimum atomic E-state index is -3.56. The van der Waals surface area contributed by atoms with Crippen molar-refractivity contribution in [2.24, 2.45) is 0 Å². The lowest BCUT2D eigenvalue weighted by atomic mass is 10.2. The first-order chi connectivity index (χ1) is 15.7. The van der Waals surface area contributed by atoms with Crippen molar-refractivity contribution >= 4 is 27.1 Å². The Morgan fingerprint density at radius 3 is 2.61 bits per heavy atom. The van der Waals surface area contributed by atoms with Crippen molar-refractivity contribution in [3.8, 4) is 11.4 Å². The van der Waals surface area contributed by atoms with Gasteiger partial charge in [0.05, 0.1) is 9.82 Å². The molecule has 0 radical (unpaired) electrons. The number of rotatable bonds is 11. The van der Waals surface area contributed by atoms with Crippen molar-refractivity contribution in [2.75, 3.05) is 24.7 Å². The predicted molar refractivity (Wildman–Crippen MR) is 120 cm³/mol. The number of sulfone groups is 1. The summed E-state index contributed by atoms with van der Waals surface area (Å²) in [4.78, 5) is 26.8. The van der Waals surface area contributed by atoms with E-state index in [1.165, 1.54) is 12.1 Å². The van der Waals surface area contributed by atoms with Gasteiger partial charge in [-0.3, -0.25) is 14.9 Å². The Balaban J connectivity index is 1.41. The lowest BCUT2D eigenvalue weighted by Gasteiger charge is -2.09. The maximum absolute atomic E-state index is 12.0. The lowest BCUT2D eigenvalue weighted by Crippen LogP contribution is -2.28. The van der Waals surface area contributed by atoms with Crippen LogP contribution >= 0.6 is 0 Å². The zero-order valence-corrected chi connectivity index (χ0v) is 18.7. The highest BCUT2D eigenvalue weighted by atomic mass is 32.2. The van der Waals surface area contributed by atoms with E-state index >= 15 is 0 Å². The molecule has 3 rings (SSSR count). The number of carbonyl (C=O) groups excluding carboxylic acids is 1. The summed E-state index contributed by atoms with van der Waals surface area (Å²) < 4.78 is 28.4. The van der Waals surface area contributed by atoms with Crippen LogP contribution in [0.4, 0.5) is 11.4 Å². The number of aromatic nitrogens is 2. The van der Waals surface area contributed by atoms with Crippen LogP contribution in [0.1, 0.15) is 18.7 Å². The van der Waals surface area contributed by atoms with E-state index in [-0.39, 0.29) is 41.7 Å². The molecule has 11 nitrogen and oxygen atoms in total. The molecule has 0 spiro atoms. The van der Waals surface area contributed by atoms with Crippen LogP contribution in [-0.4, -0.2) is 48.7 Å². The summed E-state index contributed by atoms with van der Waals surface area (Å²) in [5.41, 5.74) is 0.676. The number of anilines is 1. The molecule has 1 aromatic heterocycles. The fourth-order valence-corrected chi connectivity index (χ4v) is 3.63. The average Bonchev–Trinajstić information content (AvgIpc) is 3.25. The molecule has 174 valence electrons. The van der Waals surface area contributed by atoms with E-state index in [0.717, 1.165) is 17.9 Å². The van der Waals surface area contributed by atoms with Gasteiger partial charge in [-0.15, -0.1) is 0 Å². The first-order valence-corrected chi connectivity index (χ1v) is 12.0. The maximum atomic E-state index is 12.0. The molecule has 0 fully saturated rings. The van der Waals surface area contributed by atoms with E-state index in [4.69, 9.17) is 4.52 Å². The van der Waals surface area contributed by atoms with Crippen LogP contribution in [0.2, 0.25) is 0 Å². The highest BCUT2D eigenvalue weighted by Gasteiger charge is 2.18. The number of carbonyl (C=O) groups is 1. The third-order valence-corrected chi connectivity index (χ3v) is 5.76. The van der Waals surface area contributed by atoms with Crippen molar-refractivity contribution in [3.05, 3.63) is 64.5 Å². The fourth-order valence-electron chi connectivity index (χ4n) is 2.99. The van der Waals surface area contributed by atoms with Crippen LogP contribution in [0.3, 0.4) is 0 Å². The van der Waals surface area contributed by atoms with Crippen molar-refractivity contribution in [1.29, 1.82) is 0 Å². The molecular formula is C21H23N5O6S. The summed E-state index contributed by atoms with van der Waals surface area (Å²) in [6.45, 7) is 0.470. The van der Waals surface area contributed by atoms with Crippen molar-refractivity contribution in [1.82, 2.24) is 15.5 Å². The number of nitro groups is 1. The first-order valence-electron chi connectivity index (χ1n) is 10.1. The van der Waals surface area contributed by atoms with Gasteiger partial charge in [0.1, 0.15) is 5.69 Å². The van der Waals surface area contributed by atoms with E-state index in [2.05, 4.69) is 20.8 Å². The van der Waals surface area contributed by atoms with Crippen LogP contribution in [-0.2, 0) is 21.1 Å². The number of nitrogens with zero attached hydrogens (tertiary/aromatic N) is 3. The van der Waals surface area contributed by atoms with Crippen LogP contribution in [0.25, 0.3) is 11.4 Å². The highest BCUT2D eigenvalue weighted by Crippen LogP contribution is 2.27. The average molecular weight is 474 g/mol. The third kappa shape index (κ3) is 6.84. The van der Waals surface area contributed by atoms with Gasteiger partial charge < -0.3 is 15.2 Å². The Morgan fingerprint density at radius 1 is 1.15 bits per heavy atom. The molecule has 2 N–H and O–H groups in total. The second kappa shape index (κ2) is 10.7. The molecule has 12 heteroatoms. The molecule has 3 aromatic rings. The number of nitro benzene ring substituents is 1. The standard InChI is InChI=1S/C21H23N5O6S/c1-33(30,31)16-10-11-17(18(14-16)26(28)29)22-12-13-23-19(27)8-5-9-20-24-21(25-32-20)15-6-3-2-4-7-15/h2-4,6-7,10-11,14,22H,5,8-9,12-13H2,1H3,(H,23,27). The molecule has 33 heavy (non-hydrogen) atoms. The molecule has 0 aliphatic rings. The second-order valence-corrected chi connectivity index (χ2v) is 9.23. The Hall–Kier alpha value is -3.80. The molecular weight excluding hydrogens is 450 g/mol. The summed E-state index contributed by atoms with van der Waals surface area (Å²) in [7, 11) is -3.56. The Kier molecular flexibility index (Phi) is 7.72. The third-order valence-electron chi connectivity index (χ3n) is 4.65. The van der Waals surface area contributed by atoms with Crippen molar-refractivity contribution in [3.63, 3.8) is 0 Å². The van der Waals surface area contributed by atoms with Crippen LogP contribution < -0.4 is 10.6 Å².